The van der Waals surface area contributed by atoms with Crippen LogP contribution in [0.2, 0.25) is 0 Å². The number of ether oxygens (including phenoxy) is 1. The van der Waals surface area contributed by atoms with Crippen LogP contribution in [0.15, 0.2) is 60.7 Å². The molecule has 2 aromatic carbocycles. The predicted molar refractivity (Wildman–Crippen MR) is 128 cm³/mol. The number of carboxylic acids is 2. The van der Waals surface area contributed by atoms with Gasteiger partial charge >= 0.3 is 11.9 Å². The van der Waals surface area contributed by atoms with Gasteiger partial charge in [-0.25, -0.2) is 9.59 Å². The van der Waals surface area contributed by atoms with Crippen LogP contribution in [0.5, 0.6) is 0 Å². The SMILES string of the molecule is CCN1CCC(c2ccccc2)c2ccc(N3CCOCC3)cc2C1.O=C(O)/C=C\C(=O)O. The smallest absolute Gasteiger partial charge is 0.328 e. The van der Waals surface area contributed by atoms with E-state index in [1.165, 1.54) is 28.8 Å². The number of carboxylic acid groups (broad SMARTS) is 2. The van der Waals surface area contributed by atoms with Crippen molar-refractivity contribution in [1.29, 1.82) is 0 Å². The molecule has 0 bridgehead atoms. The second-order valence-electron chi connectivity index (χ2n) is 8.11. The second kappa shape index (κ2) is 12.2. The normalized spacial score (nSPS) is 18.7. The van der Waals surface area contributed by atoms with Crippen molar-refractivity contribution < 1.29 is 24.5 Å². The molecule has 0 spiro atoms. The molecule has 2 N–H and O–H groups in total. The van der Waals surface area contributed by atoms with E-state index in [0.29, 0.717) is 18.1 Å². The third kappa shape index (κ3) is 7.17. The number of fused-ring (bicyclic) bond motifs is 1. The number of rotatable bonds is 5. The van der Waals surface area contributed by atoms with Crippen molar-refractivity contribution in [2.24, 2.45) is 0 Å². The standard InChI is InChI=1S/C22H28N2O.C4H4O4/c1-2-23-11-10-22(18-6-4-3-5-7-18)21-9-8-20(16-19(21)17-23)24-12-14-25-15-13-24;5-3(6)1-2-4(7)8/h3-9,16,22H,2,10-15,17H2,1H3;1-2H,(H,5,6)(H,7,8)/b;2-1-. The van der Waals surface area contributed by atoms with Gasteiger partial charge in [0.2, 0.25) is 0 Å². The van der Waals surface area contributed by atoms with Crippen LogP contribution in [0, 0.1) is 0 Å². The lowest BCUT2D eigenvalue weighted by Crippen LogP contribution is -2.36. The Labute approximate surface area is 194 Å². The van der Waals surface area contributed by atoms with Crippen molar-refractivity contribution in [2.45, 2.75) is 25.8 Å². The predicted octanol–water partition coefficient (Wildman–Crippen LogP) is 3.59. The fourth-order valence-corrected chi connectivity index (χ4v) is 4.32. The van der Waals surface area contributed by atoms with E-state index < -0.39 is 11.9 Å². The van der Waals surface area contributed by atoms with E-state index in [2.05, 4.69) is 65.3 Å². The fraction of sp³-hybridized carbons (Fsp3) is 0.385. The molecule has 33 heavy (non-hydrogen) atoms. The van der Waals surface area contributed by atoms with Crippen LogP contribution in [-0.4, -0.2) is 66.4 Å². The summed E-state index contributed by atoms with van der Waals surface area (Å²) in [4.78, 5) is 24.1. The zero-order chi connectivity index (χ0) is 23.6. The number of morpholine rings is 1. The van der Waals surface area contributed by atoms with Crippen molar-refractivity contribution in [3.05, 3.63) is 77.4 Å². The third-order valence-corrected chi connectivity index (χ3v) is 6.02. The molecule has 2 aromatic rings. The highest BCUT2D eigenvalue weighted by molar-refractivity contribution is 5.89. The van der Waals surface area contributed by atoms with Crippen LogP contribution in [-0.2, 0) is 20.9 Å². The summed E-state index contributed by atoms with van der Waals surface area (Å²) in [7, 11) is 0. The molecule has 4 rings (SSSR count). The van der Waals surface area contributed by atoms with Crippen LogP contribution in [0.3, 0.4) is 0 Å². The minimum atomic E-state index is -1.26. The van der Waals surface area contributed by atoms with Gasteiger partial charge in [-0.2, -0.15) is 0 Å². The van der Waals surface area contributed by atoms with Gasteiger partial charge in [-0.1, -0.05) is 43.3 Å². The van der Waals surface area contributed by atoms with Gasteiger partial charge < -0.3 is 19.8 Å². The van der Waals surface area contributed by atoms with Crippen molar-refractivity contribution in [3.8, 4) is 0 Å². The summed E-state index contributed by atoms with van der Waals surface area (Å²) < 4.78 is 5.51. The summed E-state index contributed by atoms with van der Waals surface area (Å²) in [6.45, 7) is 9.29. The summed E-state index contributed by atoms with van der Waals surface area (Å²) >= 11 is 0. The Bertz CT molecular complexity index is 938. The van der Waals surface area contributed by atoms with Gasteiger partial charge in [0.05, 0.1) is 13.2 Å². The first kappa shape index (κ1) is 24.5. The molecule has 176 valence electrons. The zero-order valence-electron chi connectivity index (χ0n) is 19.0. The highest BCUT2D eigenvalue weighted by atomic mass is 16.5. The van der Waals surface area contributed by atoms with Gasteiger partial charge in [0.25, 0.3) is 0 Å². The van der Waals surface area contributed by atoms with E-state index in [9.17, 15) is 9.59 Å². The molecule has 0 aliphatic carbocycles. The van der Waals surface area contributed by atoms with E-state index in [1.54, 1.807) is 0 Å². The lowest BCUT2D eigenvalue weighted by molar-refractivity contribution is -0.134. The van der Waals surface area contributed by atoms with E-state index in [1.807, 2.05) is 0 Å². The minimum Gasteiger partial charge on any atom is -0.478 e. The van der Waals surface area contributed by atoms with E-state index in [0.717, 1.165) is 45.9 Å². The molecule has 0 aromatic heterocycles. The Hall–Kier alpha value is -3.16. The second-order valence-corrected chi connectivity index (χ2v) is 8.11. The summed E-state index contributed by atoms with van der Waals surface area (Å²) in [6.07, 6.45) is 2.31. The fourth-order valence-electron chi connectivity index (χ4n) is 4.32. The molecule has 7 nitrogen and oxygen atoms in total. The quantitative estimate of drug-likeness (QED) is 0.670. The summed E-state index contributed by atoms with van der Waals surface area (Å²) in [6, 6.07) is 18.2. The molecule has 2 aliphatic heterocycles. The van der Waals surface area contributed by atoms with Crippen LogP contribution in [0.4, 0.5) is 5.69 Å². The number of carbonyl (C=O) groups is 2. The van der Waals surface area contributed by atoms with Crippen molar-refractivity contribution in [2.75, 3.05) is 44.3 Å². The lowest BCUT2D eigenvalue weighted by Gasteiger charge is -2.30. The van der Waals surface area contributed by atoms with Crippen LogP contribution in [0.1, 0.15) is 36.0 Å². The number of nitrogens with zero attached hydrogens (tertiary/aromatic N) is 2. The third-order valence-electron chi connectivity index (χ3n) is 6.02. The number of benzene rings is 2. The van der Waals surface area contributed by atoms with Gasteiger partial charge in [0.15, 0.2) is 0 Å². The van der Waals surface area contributed by atoms with Crippen LogP contribution >= 0.6 is 0 Å². The van der Waals surface area contributed by atoms with Crippen LogP contribution in [0.25, 0.3) is 0 Å². The molecule has 2 heterocycles. The summed E-state index contributed by atoms with van der Waals surface area (Å²) in [5.74, 6) is -2.01. The van der Waals surface area contributed by atoms with E-state index in [4.69, 9.17) is 14.9 Å². The molecule has 0 saturated carbocycles. The Balaban J connectivity index is 0.000000331. The monoisotopic (exact) mass is 452 g/mol. The number of hydrogen-bond acceptors (Lipinski definition) is 5. The highest BCUT2D eigenvalue weighted by Gasteiger charge is 2.24. The van der Waals surface area contributed by atoms with E-state index >= 15 is 0 Å². The lowest BCUT2D eigenvalue weighted by atomic mass is 9.86. The Morgan fingerprint density at radius 2 is 1.67 bits per heavy atom. The highest BCUT2D eigenvalue weighted by Crippen LogP contribution is 2.36. The minimum absolute atomic E-state index is 0.506. The Kier molecular flexibility index (Phi) is 9.04. The van der Waals surface area contributed by atoms with Gasteiger partial charge in [-0.05, 0) is 48.3 Å². The molecule has 0 radical (unpaired) electrons. The largest absolute Gasteiger partial charge is 0.478 e. The van der Waals surface area contributed by atoms with Gasteiger partial charge in [0.1, 0.15) is 0 Å². The topological polar surface area (TPSA) is 90.3 Å². The molecule has 1 atom stereocenters. The molecular formula is C26H32N2O5. The Morgan fingerprint density at radius 1 is 1.00 bits per heavy atom. The molecule has 1 saturated heterocycles. The molecule has 1 unspecified atom stereocenters. The molecule has 0 amide bonds. The summed E-state index contributed by atoms with van der Waals surface area (Å²) in [5, 5.41) is 15.6. The molecular weight excluding hydrogens is 420 g/mol. The van der Waals surface area contributed by atoms with Gasteiger partial charge in [0, 0.05) is 43.4 Å². The number of hydrogen-bond donors (Lipinski definition) is 2. The number of anilines is 1. The van der Waals surface area contributed by atoms with Gasteiger partial charge in [-0.15, -0.1) is 0 Å². The van der Waals surface area contributed by atoms with Crippen LogP contribution < -0.4 is 4.90 Å². The maximum absolute atomic E-state index is 9.55. The van der Waals surface area contributed by atoms with E-state index in [-0.39, 0.29) is 0 Å². The van der Waals surface area contributed by atoms with Crippen molar-refractivity contribution in [3.63, 3.8) is 0 Å². The molecule has 2 aliphatic rings. The van der Waals surface area contributed by atoms with Gasteiger partial charge in [-0.3, -0.25) is 4.90 Å². The average Bonchev–Trinajstić information content (AvgIpc) is 3.03. The maximum atomic E-state index is 9.55. The van der Waals surface area contributed by atoms with Crippen molar-refractivity contribution >= 4 is 17.6 Å². The zero-order valence-corrected chi connectivity index (χ0v) is 19.0. The average molecular weight is 453 g/mol. The first-order chi connectivity index (χ1) is 16.0. The Morgan fingerprint density at radius 3 is 2.27 bits per heavy atom. The maximum Gasteiger partial charge on any atom is 0.328 e. The first-order valence-electron chi connectivity index (χ1n) is 11.3. The number of aliphatic carboxylic acids is 2. The summed E-state index contributed by atoms with van der Waals surface area (Å²) in [5.41, 5.74) is 5.81. The van der Waals surface area contributed by atoms with Crippen molar-refractivity contribution in [1.82, 2.24) is 4.90 Å². The molecule has 1 fully saturated rings. The first-order valence-corrected chi connectivity index (χ1v) is 11.3. The molecule has 7 heteroatoms.